The van der Waals surface area contributed by atoms with E-state index in [-0.39, 0.29) is 17.7 Å². The summed E-state index contributed by atoms with van der Waals surface area (Å²) in [6.07, 6.45) is 2.99. The summed E-state index contributed by atoms with van der Waals surface area (Å²) >= 11 is 0. The standard InChI is InChI=1S/C16H21N3O3/c17-16(7-9-22-10-8-16)15(21)19-13-5-3-12(4-6-13)18-14(20)11-1-2-11/h3-6,11H,1-2,7-10,17H2,(H,18,20)(H,19,21). The van der Waals surface area contributed by atoms with Crippen LogP contribution >= 0.6 is 0 Å². The van der Waals surface area contributed by atoms with E-state index in [0.717, 1.165) is 18.5 Å². The molecule has 1 aromatic rings. The van der Waals surface area contributed by atoms with E-state index in [1.54, 1.807) is 24.3 Å². The predicted octanol–water partition coefficient (Wildman–Crippen LogP) is 1.48. The minimum atomic E-state index is -0.864. The third-order valence-electron chi connectivity index (χ3n) is 4.20. The van der Waals surface area contributed by atoms with E-state index in [0.29, 0.717) is 31.7 Å². The zero-order valence-corrected chi connectivity index (χ0v) is 12.4. The molecule has 118 valence electrons. The van der Waals surface area contributed by atoms with Crippen LogP contribution in [-0.4, -0.2) is 30.6 Å². The molecule has 1 aliphatic heterocycles. The summed E-state index contributed by atoms with van der Waals surface area (Å²) < 4.78 is 5.24. The normalized spacial score (nSPS) is 20.2. The van der Waals surface area contributed by atoms with Gasteiger partial charge in [-0.25, -0.2) is 0 Å². The number of carbonyl (C=O) groups excluding carboxylic acids is 2. The molecule has 0 spiro atoms. The Morgan fingerprint density at radius 2 is 1.59 bits per heavy atom. The number of amides is 2. The lowest BCUT2D eigenvalue weighted by molar-refractivity contribution is -0.124. The zero-order valence-electron chi connectivity index (χ0n) is 12.4. The van der Waals surface area contributed by atoms with Crippen molar-refractivity contribution in [3.05, 3.63) is 24.3 Å². The highest BCUT2D eigenvalue weighted by Gasteiger charge is 2.36. The summed E-state index contributed by atoms with van der Waals surface area (Å²) in [6.45, 7) is 1.02. The molecule has 0 aromatic heterocycles. The van der Waals surface area contributed by atoms with E-state index in [1.807, 2.05) is 0 Å². The fourth-order valence-electron chi connectivity index (χ4n) is 2.45. The molecular weight excluding hydrogens is 282 g/mol. The molecule has 6 heteroatoms. The Bertz CT molecular complexity index is 561. The van der Waals surface area contributed by atoms with Crippen LogP contribution in [0.4, 0.5) is 11.4 Å². The SMILES string of the molecule is NC1(C(=O)Nc2ccc(NC(=O)C3CC3)cc2)CCOCC1. The van der Waals surface area contributed by atoms with Crippen LogP contribution in [0.5, 0.6) is 0 Å². The molecule has 0 bridgehead atoms. The molecule has 2 amide bonds. The second-order valence-corrected chi connectivity index (χ2v) is 6.06. The largest absolute Gasteiger partial charge is 0.381 e. The topological polar surface area (TPSA) is 93.5 Å². The van der Waals surface area contributed by atoms with Crippen LogP contribution in [0.3, 0.4) is 0 Å². The van der Waals surface area contributed by atoms with Crippen molar-refractivity contribution in [2.75, 3.05) is 23.8 Å². The quantitative estimate of drug-likeness (QED) is 0.785. The molecule has 0 atom stereocenters. The van der Waals surface area contributed by atoms with Gasteiger partial charge < -0.3 is 21.1 Å². The van der Waals surface area contributed by atoms with Gasteiger partial charge >= 0.3 is 0 Å². The molecule has 1 aliphatic carbocycles. The molecule has 1 saturated carbocycles. The van der Waals surface area contributed by atoms with Crippen molar-refractivity contribution < 1.29 is 14.3 Å². The molecule has 0 unspecified atom stereocenters. The molecule has 0 radical (unpaired) electrons. The number of anilines is 2. The zero-order chi connectivity index (χ0) is 15.6. The molecule has 2 fully saturated rings. The second-order valence-electron chi connectivity index (χ2n) is 6.06. The van der Waals surface area contributed by atoms with Crippen molar-refractivity contribution in [1.82, 2.24) is 0 Å². The fraction of sp³-hybridized carbons (Fsp3) is 0.500. The average molecular weight is 303 g/mol. The maximum Gasteiger partial charge on any atom is 0.244 e. The predicted molar refractivity (Wildman–Crippen MR) is 83.4 cm³/mol. The van der Waals surface area contributed by atoms with Crippen molar-refractivity contribution in [1.29, 1.82) is 0 Å². The lowest BCUT2D eigenvalue weighted by Gasteiger charge is -2.31. The van der Waals surface area contributed by atoms with Gasteiger partial charge in [0.05, 0.1) is 0 Å². The van der Waals surface area contributed by atoms with E-state index < -0.39 is 5.54 Å². The number of nitrogens with two attached hydrogens (primary N) is 1. The lowest BCUT2D eigenvalue weighted by atomic mass is 9.90. The third kappa shape index (κ3) is 3.45. The van der Waals surface area contributed by atoms with Gasteiger partial charge in [0.15, 0.2) is 0 Å². The van der Waals surface area contributed by atoms with Gasteiger partial charge in [0.1, 0.15) is 5.54 Å². The minimum Gasteiger partial charge on any atom is -0.381 e. The molecule has 2 aliphatic rings. The van der Waals surface area contributed by atoms with Crippen LogP contribution in [0, 0.1) is 5.92 Å². The average Bonchev–Trinajstić information content (AvgIpc) is 3.35. The molecule has 1 aromatic carbocycles. The van der Waals surface area contributed by atoms with Gasteiger partial charge in [0.2, 0.25) is 11.8 Å². The Balaban J connectivity index is 1.58. The van der Waals surface area contributed by atoms with Gasteiger partial charge in [-0.2, -0.15) is 0 Å². The van der Waals surface area contributed by atoms with E-state index in [2.05, 4.69) is 10.6 Å². The molecule has 22 heavy (non-hydrogen) atoms. The number of hydrogen-bond donors (Lipinski definition) is 3. The maximum atomic E-state index is 12.3. The molecular formula is C16H21N3O3. The highest BCUT2D eigenvalue weighted by molar-refractivity contribution is 5.98. The van der Waals surface area contributed by atoms with Crippen LogP contribution in [0.25, 0.3) is 0 Å². The van der Waals surface area contributed by atoms with Crippen LogP contribution in [-0.2, 0) is 14.3 Å². The summed E-state index contributed by atoms with van der Waals surface area (Å²) in [7, 11) is 0. The molecule has 1 saturated heterocycles. The second kappa shape index (κ2) is 6.06. The number of hydrogen-bond acceptors (Lipinski definition) is 4. The Hall–Kier alpha value is -1.92. The monoisotopic (exact) mass is 303 g/mol. The van der Waals surface area contributed by atoms with Gasteiger partial charge in [-0.3, -0.25) is 9.59 Å². The Morgan fingerprint density at radius 3 is 2.14 bits per heavy atom. The highest BCUT2D eigenvalue weighted by Crippen LogP contribution is 2.30. The first-order valence-electron chi connectivity index (χ1n) is 7.66. The molecule has 1 heterocycles. The maximum absolute atomic E-state index is 12.3. The Labute approximate surface area is 129 Å². The van der Waals surface area contributed by atoms with Crippen molar-refractivity contribution in [2.45, 2.75) is 31.2 Å². The molecule has 4 N–H and O–H groups in total. The van der Waals surface area contributed by atoms with Gasteiger partial charge in [0.25, 0.3) is 0 Å². The highest BCUT2D eigenvalue weighted by atomic mass is 16.5. The first-order valence-corrected chi connectivity index (χ1v) is 7.66. The Kier molecular flexibility index (Phi) is 4.13. The van der Waals surface area contributed by atoms with Crippen molar-refractivity contribution in [2.24, 2.45) is 11.7 Å². The summed E-state index contributed by atoms with van der Waals surface area (Å²) in [6, 6.07) is 7.10. The molecule has 3 rings (SSSR count). The number of benzene rings is 1. The van der Waals surface area contributed by atoms with Crippen LogP contribution in [0.1, 0.15) is 25.7 Å². The number of ether oxygens (including phenoxy) is 1. The van der Waals surface area contributed by atoms with E-state index in [9.17, 15) is 9.59 Å². The van der Waals surface area contributed by atoms with Gasteiger partial charge in [0, 0.05) is 30.5 Å². The van der Waals surface area contributed by atoms with Gasteiger partial charge in [-0.15, -0.1) is 0 Å². The smallest absolute Gasteiger partial charge is 0.244 e. The minimum absolute atomic E-state index is 0.0694. The fourth-order valence-corrected chi connectivity index (χ4v) is 2.45. The summed E-state index contributed by atoms with van der Waals surface area (Å²) in [4.78, 5) is 24.0. The first kappa shape index (κ1) is 15.0. The summed E-state index contributed by atoms with van der Waals surface area (Å²) in [5, 5.41) is 5.70. The van der Waals surface area contributed by atoms with Crippen LogP contribution in [0.2, 0.25) is 0 Å². The van der Waals surface area contributed by atoms with Gasteiger partial charge in [-0.1, -0.05) is 0 Å². The van der Waals surface area contributed by atoms with Crippen molar-refractivity contribution in [3.8, 4) is 0 Å². The lowest BCUT2D eigenvalue weighted by Crippen LogP contribution is -2.54. The summed E-state index contributed by atoms with van der Waals surface area (Å²) in [5.74, 6) is 0.0514. The van der Waals surface area contributed by atoms with E-state index >= 15 is 0 Å². The van der Waals surface area contributed by atoms with Gasteiger partial charge in [-0.05, 0) is 49.9 Å². The number of rotatable bonds is 4. The van der Waals surface area contributed by atoms with Crippen molar-refractivity contribution in [3.63, 3.8) is 0 Å². The third-order valence-corrected chi connectivity index (χ3v) is 4.20. The van der Waals surface area contributed by atoms with Crippen molar-refractivity contribution >= 4 is 23.2 Å². The summed E-state index contributed by atoms with van der Waals surface area (Å²) in [5.41, 5.74) is 6.68. The van der Waals surface area contributed by atoms with Crippen LogP contribution in [0.15, 0.2) is 24.3 Å². The first-order chi connectivity index (χ1) is 10.6. The van der Waals surface area contributed by atoms with E-state index in [4.69, 9.17) is 10.5 Å². The van der Waals surface area contributed by atoms with E-state index in [1.165, 1.54) is 0 Å². The number of carbonyl (C=O) groups is 2. The Morgan fingerprint density at radius 1 is 1.05 bits per heavy atom. The number of nitrogens with one attached hydrogen (secondary N) is 2. The molecule has 6 nitrogen and oxygen atoms in total. The van der Waals surface area contributed by atoms with Crippen LogP contribution < -0.4 is 16.4 Å².